The summed E-state index contributed by atoms with van der Waals surface area (Å²) >= 11 is 0. The Labute approximate surface area is 124 Å². The van der Waals surface area contributed by atoms with Crippen molar-refractivity contribution in [3.8, 4) is 0 Å². The van der Waals surface area contributed by atoms with E-state index in [9.17, 15) is 0 Å². The molecule has 1 heterocycles. The van der Waals surface area contributed by atoms with Crippen molar-refractivity contribution in [1.29, 1.82) is 0 Å². The standard InChI is InChI=1S/C17H29N3/c1-4-18(2)13-17-14-20(15-19(17)3)12-8-11-16-9-6-5-7-10-16/h5-7,9-10,17H,4,8,11-15H2,1-3H3. The Balaban J connectivity index is 1.70. The van der Waals surface area contributed by atoms with E-state index in [-0.39, 0.29) is 0 Å². The topological polar surface area (TPSA) is 9.72 Å². The Morgan fingerprint density at radius 3 is 2.70 bits per heavy atom. The highest BCUT2D eigenvalue weighted by Gasteiger charge is 2.27. The maximum Gasteiger partial charge on any atom is 0.0507 e. The van der Waals surface area contributed by atoms with Gasteiger partial charge in [0.2, 0.25) is 0 Å². The zero-order valence-corrected chi connectivity index (χ0v) is 13.3. The first-order valence-corrected chi connectivity index (χ1v) is 7.84. The molecular formula is C17H29N3. The monoisotopic (exact) mass is 275 g/mol. The lowest BCUT2D eigenvalue weighted by Crippen LogP contribution is -2.38. The number of aryl methyl sites for hydroxylation is 1. The molecule has 0 N–H and O–H groups in total. The first-order chi connectivity index (χ1) is 9.69. The van der Waals surface area contributed by atoms with Crippen LogP contribution in [0.5, 0.6) is 0 Å². The Kier molecular flexibility index (Phi) is 6.02. The Morgan fingerprint density at radius 2 is 2.00 bits per heavy atom. The van der Waals surface area contributed by atoms with Gasteiger partial charge in [0.15, 0.2) is 0 Å². The van der Waals surface area contributed by atoms with Crippen molar-refractivity contribution < 1.29 is 0 Å². The highest BCUT2D eigenvalue weighted by atomic mass is 15.4. The van der Waals surface area contributed by atoms with Gasteiger partial charge in [-0.15, -0.1) is 0 Å². The number of rotatable bonds is 7. The number of nitrogens with zero attached hydrogens (tertiary/aromatic N) is 3. The van der Waals surface area contributed by atoms with E-state index < -0.39 is 0 Å². The van der Waals surface area contributed by atoms with E-state index in [1.165, 1.54) is 38.0 Å². The van der Waals surface area contributed by atoms with Gasteiger partial charge in [-0.3, -0.25) is 9.80 Å². The summed E-state index contributed by atoms with van der Waals surface area (Å²) in [6, 6.07) is 11.5. The predicted molar refractivity (Wildman–Crippen MR) is 85.9 cm³/mol. The second kappa shape index (κ2) is 7.77. The minimum Gasteiger partial charge on any atom is -0.305 e. The summed E-state index contributed by atoms with van der Waals surface area (Å²) in [5.41, 5.74) is 1.46. The molecule has 3 heteroatoms. The highest BCUT2D eigenvalue weighted by molar-refractivity contribution is 5.14. The smallest absolute Gasteiger partial charge is 0.0507 e. The number of benzene rings is 1. The largest absolute Gasteiger partial charge is 0.305 e. The third kappa shape index (κ3) is 4.58. The third-order valence-electron chi connectivity index (χ3n) is 4.36. The fraction of sp³-hybridized carbons (Fsp3) is 0.647. The van der Waals surface area contributed by atoms with E-state index in [4.69, 9.17) is 0 Å². The summed E-state index contributed by atoms with van der Waals surface area (Å²) < 4.78 is 0. The van der Waals surface area contributed by atoms with Crippen molar-refractivity contribution in [3.05, 3.63) is 35.9 Å². The van der Waals surface area contributed by atoms with Crippen molar-refractivity contribution >= 4 is 0 Å². The van der Waals surface area contributed by atoms with Gasteiger partial charge in [0.05, 0.1) is 6.67 Å². The van der Waals surface area contributed by atoms with Crippen molar-refractivity contribution in [3.63, 3.8) is 0 Å². The number of likely N-dealkylation sites (N-methyl/N-ethyl adjacent to an activating group) is 2. The fourth-order valence-electron chi connectivity index (χ4n) is 2.93. The molecule has 1 fully saturated rings. The quantitative estimate of drug-likeness (QED) is 0.755. The molecule has 1 aromatic carbocycles. The van der Waals surface area contributed by atoms with Crippen LogP contribution in [0.25, 0.3) is 0 Å². The number of hydrogen-bond donors (Lipinski definition) is 0. The van der Waals surface area contributed by atoms with Gasteiger partial charge in [-0.25, -0.2) is 0 Å². The molecule has 1 aliphatic heterocycles. The lowest BCUT2D eigenvalue weighted by molar-refractivity contribution is 0.224. The van der Waals surface area contributed by atoms with Crippen LogP contribution in [0.1, 0.15) is 18.9 Å². The SMILES string of the molecule is CCN(C)CC1CN(CCCc2ccccc2)CN1C. The minimum absolute atomic E-state index is 0.691. The predicted octanol–water partition coefficient (Wildman–Crippen LogP) is 2.14. The molecule has 0 radical (unpaired) electrons. The van der Waals surface area contributed by atoms with E-state index in [2.05, 4.69) is 66.1 Å². The second-order valence-electron chi connectivity index (χ2n) is 6.07. The van der Waals surface area contributed by atoms with Crippen LogP contribution >= 0.6 is 0 Å². The molecule has 20 heavy (non-hydrogen) atoms. The molecule has 2 rings (SSSR count). The average molecular weight is 275 g/mol. The third-order valence-corrected chi connectivity index (χ3v) is 4.36. The minimum atomic E-state index is 0.691. The van der Waals surface area contributed by atoms with Crippen LogP contribution in [0, 0.1) is 0 Å². The zero-order valence-electron chi connectivity index (χ0n) is 13.3. The molecule has 1 saturated heterocycles. The first kappa shape index (κ1) is 15.5. The molecule has 1 aromatic rings. The maximum atomic E-state index is 2.59. The van der Waals surface area contributed by atoms with E-state index in [1.54, 1.807) is 0 Å². The van der Waals surface area contributed by atoms with E-state index in [1.807, 2.05) is 0 Å². The van der Waals surface area contributed by atoms with Crippen molar-refractivity contribution in [1.82, 2.24) is 14.7 Å². The Bertz CT molecular complexity index is 379. The van der Waals surface area contributed by atoms with Gasteiger partial charge in [-0.05, 0) is 45.6 Å². The van der Waals surface area contributed by atoms with Crippen LogP contribution in [-0.4, -0.2) is 67.7 Å². The summed E-state index contributed by atoms with van der Waals surface area (Å²) in [5, 5.41) is 0. The van der Waals surface area contributed by atoms with Crippen LogP contribution in [0.3, 0.4) is 0 Å². The summed E-state index contributed by atoms with van der Waals surface area (Å²) in [6.45, 7) is 8.10. The molecule has 3 nitrogen and oxygen atoms in total. The number of hydrogen-bond acceptors (Lipinski definition) is 3. The van der Waals surface area contributed by atoms with Crippen LogP contribution in [0.4, 0.5) is 0 Å². The van der Waals surface area contributed by atoms with Gasteiger partial charge in [-0.1, -0.05) is 37.3 Å². The van der Waals surface area contributed by atoms with Crippen molar-refractivity contribution in [2.24, 2.45) is 0 Å². The molecule has 0 amide bonds. The molecule has 1 aliphatic rings. The Hall–Kier alpha value is -0.900. The van der Waals surface area contributed by atoms with Crippen LogP contribution in [0.2, 0.25) is 0 Å². The van der Waals surface area contributed by atoms with Gasteiger partial charge in [0, 0.05) is 19.1 Å². The zero-order chi connectivity index (χ0) is 14.4. The van der Waals surface area contributed by atoms with Crippen molar-refractivity contribution in [2.45, 2.75) is 25.8 Å². The van der Waals surface area contributed by atoms with Gasteiger partial charge in [0.1, 0.15) is 0 Å². The van der Waals surface area contributed by atoms with Gasteiger partial charge < -0.3 is 4.90 Å². The molecule has 112 valence electrons. The normalized spacial score (nSPS) is 20.9. The highest BCUT2D eigenvalue weighted by Crippen LogP contribution is 2.13. The fourth-order valence-corrected chi connectivity index (χ4v) is 2.93. The molecule has 0 spiro atoms. The summed E-state index contributed by atoms with van der Waals surface area (Å²) in [6.07, 6.45) is 2.45. The Morgan fingerprint density at radius 1 is 1.25 bits per heavy atom. The molecule has 1 atom stereocenters. The van der Waals surface area contributed by atoms with Crippen LogP contribution < -0.4 is 0 Å². The molecule has 0 aliphatic carbocycles. The maximum absolute atomic E-state index is 2.59. The van der Waals surface area contributed by atoms with Gasteiger partial charge >= 0.3 is 0 Å². The lowest BCUT2D eigenvalue weighted by atomic mass is 10.1. The van der Waals surface area contributed by atoms with Crippen LogP contribution in [-0.2, 0) is 6.42 Å². The molecular weight excluding hydrogens is 246 g/mol. The van der Waals surface area contributed by atoms with E-state index >= 15 is 0 Å². The summed E-state index contributed by atoms with van der Waals surface area (Å²) in [4.78, 5) is 7.50. The first-order valence-electron chi connectivity index (χ1n) is 7.84. The summed E-state index contributed by atoms with van der Waals surface area (Å²) in [7, 11) is 4.47. The van der Waals surface area contributed by atoms with Gasteiger partial charge in [0.25, 0.3) is 0 Å². The summed E-state index contributed by atoms with van der Waals surface area (Å²) in [5.74, 6) is 0. The molecule has 0 saturated carbocycles. The lowest BCUT2D eigenvalue weighted by Gasteiger charge is -2.23. The second-order valence-corrected chi connectivity index (χ2v) is 6.07. The van der Waals surface area contributed by atoms with E-state index in [0.29, 0.717) is 6.04 Å². The molecule has 0 aromatic heterocycles. The van der Waals surface area contributed by atoms with E-state index in [0.717, 1.165) is 13.2 Å². The molecule has 1 unspecified atom stereocenters. The van der Waals surface area contributed by atoms with Gasteiger partial charge in [-0.2, -0.15) is 0 Å². The van der Waals surface area contributed by atoms with Crippen LogP contribution in [0.15, 0.2) is 30.3 Å². The average Bonchev–Trinajstić information content (AvgIpc) is 2.80. The van der Waals surface area contributed by atoms with Crippen molar-refractivity contribution in [2.75, 3.05) is 46.9 Å². The molecule has 0 bridgehead atoms.